The Bertz CT molecular complexity index is 452. The third kappa shape index (κ3) is 2.94. The first-order valence-corrected chi connectivity index (χ1v) is 6.70. The number of nitrogens with one attached hydrogen (secondary N) is 2. The average Bonchev–Trinajstić information content (AvgIpc) is 3.13. The van der Waals surface area contributed by atoms with Crippen LogP contribution in [0.4, 0.5) is 5.69 Å². The average molecular weight is 262 g/mol. The molecular formula is C14H18N2O3. The molecule has 1 amide bonds. The highest BCUT2D eigenvalue weighted by atomic mass is 16.7. The molecule has 2 aliphatic heterocycles. The van der Waals surface area contributed by atoms with Gasteiger partial charge >= 0.3 is 0 Å². The summed E-state index contributed by atoms with van der Waals surface area (Å²) in [4.78, 5) is 12.0. The van der Waals surface area contributed by atoms with Crippen LogP contribution >= 0.6 is 0 Å². The number of anilines is 1. The van der Waals surface area contributed by atoms with Gasteiger partial charge in [0.1, 0.15) is 0 Å². The number of rotatable bonds is 3. The van der Waals surface area contributed by atoms with Gasteiger partial charge in [-0.2, -0.15) is 0 Å². The Kier molecular flexibility index (Phi) is 3.77. The molecule has 102 valence electrons. The smallest absolute Gasteiger partial charge is 0.241 e. The molecule has 1 aromatic rings. The lowest BCUT2D eigenvalue weighted by atomic mass is 10.1. The molecule has 5 nitrogen and oxygen atoms in total. The molecule has 0 aromatic heterocycles. The Labute approximate surface area is 112 Å². The van der Waals surface area contributed by atoms with Gasteiger partial charge in [-0.25, -0.2) is 0 Å². The second-order valence-electron chi connectivity index (χ2n) is 4.84. The number of carbonyl (C=O) groups excluding carboxylic acids is 1. The molecule has 0 saturated carbocycles. The lowest BCUT2D eigenvalue weighted by Gasteiger charge is -2.13. The van der Waals surface area contributed by atoms with Gasteiger partial charge in [-0.05, 0) is 31.5 Å². The van der Waals surface area contributed by atoms with Gasteiger partial charge in [0, 0.05) is 11.3 Å². The zero-order valence-electron chi connectivity index (χ0n) is 10.7. The van der Waals surface area contributed by atoms with Crippen LogP contribution in [0.1, 0.15) is 24.7 Å². The van der Waals surface area contributed by atoms with Crippen LogP contribution in [0.2, 0.25) is 0 Å². The van der Waals surface area contributed by atoms with E-state index >= 15 is 0 Å². The van der Waals surface area contributed by atoms with Gasteiger partial charge in [0.05, 0.1) is 19.3 Å². The van der Waals surface area contributed by atoms with Gasteiger partial charge in [-0.1, -0.05) is 12.1 Å². The lowest BCUT2D eigenvalue weighted by Crippen LogP contribution is -2.35. The second kappa shape index (κ2) is 5.69. The van der Waals surface area contributed by atoms with Crippen LogP contribution in [0.15, 0.2) is 24.3 Å². The van der Waals surface area contributed by atoms with Crippen LogP contribution in [0, 0.1) is 0 Å². The molecule has 0 spiro atoms. The Hall–Kier alpha value is -1.43. The normalized spacial score (nSPS) is 23.7. The molecule has 2 saturated heterocycles. The Balaban J connectivity index is 1.66. The summed E-state index contributed by atoms with van der Waals surface area (Å²) in [7, 11) is 0. The van der Waals surface area contributed by atoms with E-state index in [0.29, 0.717) is 13.2 Å². The lowest BCUT2D eigenvalue weighted by molar-refractivity contribution is -0.117. The molecule has 2 fully saturated rings. The maximum absolute atomic E-state index is 12.0. The van der Waals surface area contributed by atoms with Crippen molar-refractivity contribution in [2.75, 3.05) is 25.1 Å². The van der Waals surface area contributed by atoms with E-state index in [1.54, 1.807) is 0 Å². The quantitative estimate of drug-likeness (QED) is 0.865. The van der Waals surface area contributed by atoms with Crippen LogP contribution in [0.25, 0.3) is 0 Å². The Morgan fingerprint density at radius 3 is 2.89 bits per heavy atom. The highest BCUT2D eigenvalue weighted by Crippen LogP contribution is 2.25. The van der Waals surface area contributed by atoms with Crippen molar-refractivity contribution in [1.82, 2.24) is 5.32 Å². The monoisotopic (exact) mass is 262 g/mol. The van der Waals surface area contributed by atoms with E-state index in [-0.39, 0.29) is 18.2 Å². The van der Waals surface area contributed by atoms with E-state index in [1.807, 2.05) is 24.3 Å². The number of hydrogen-bond donors (Lipinski definition) is 2. The van der Waals surface area contributed by atoms with E-state index in [1.165, 1.54) is 0 Å². The fraction of sp³-hybridized carbons (Fsp3) is 0.500. The van der Waals surface area contributed by atoms with E-state index in [0.717, 1.165) is 30.6 Å². The van der Waals surface area contributed by atoms with Crippen LogP contribution < -0.4 is 10.6 Å². The van der Waals surface area contributed by atoms with Gasteiger partial charge in [-0.3, -0.25) is 4.79 Å². The maximum Gasteiger partial charge on any atom is 0.241 e. The summed E-state index contributed by atoms with van der Waals surface area (Å²) < 4.78 is 10.9. The minimum Gasteiger partial charge on any atom is -0.346 e. The minimum absolute atomic E-state index is 0.0305. The van der Waals surface area contributed by atoms with Crippen LogP contribution in [0.3, 0.4) is 0 Å². The van der Waals surface area contributed by atoms with Crippen LogP contribution in [-0.2, 0) is 14.3 Å². The summed E-state index contributed by atoms with van der Waals surface area (Å²) in [5.41, 5.74) is 1.73. The van der Waals surface area contributed by atoms with Gasteiger partial charge in [0.2, 0.25) is 5.91 Å². The van der Waals surface area contributed by atoms with Gasteiger partial charge < -0.3 is 20.1 Å². The topological polar surface area (TPSA) is 59.6 Å². The first-order valence-electron chi connectivity index (χ1n) is 6.70. The minimum atomic E-state index is -0.304. The maximum atomic E-state index is 12.0. The number of amides is 1. The summed E-state index contributed by atoms with van der Waals surface area (Å²) >= 11 is 0. The van der Waals surface area contributed by atoms with Crippen LogP contribution in [-0.4, -0.2) is 31.7 Å². The molecule has 0 bridgehead atoms. The molecule has 2 N–H and O–H groups in total. The highest BCUT2D eigenvalue weighted by molar-refractivity contribution is 5.95. The molecule has 2 heterocycles. The standard InChI is InChI=1S/C14H18N2O3/c17-13(12-5-2-6-15-12)16-11-4-1-3-10(9-11)14-18-7-8-19-14/h1,3-4,9,12,14-15H,2,5-8H2,(H,16,17). The van der Waals surface area contributed by atoms with Gasteiger partial charge in [0.25, 0.3) is 0 Å². The van der Waals surface area contributed by atoms with Crippen molar-refractivity contribution in [2.45, 2.75) is 25.2 Å². The second-order valence-corrected chi connectivity index (χ2v) is 4.84. The molecule has 19 heavy (non-hydrogen) atoms. The van der Waals surface area contributed by atoms with Crippen LogP contribution in [0.5, 0.6) is 0 Å². The third-order valence-electron chi connectivity index (χ3n) is 3.42. The molecule has 3 rings (SSSR count). The van der Waals surface area contributed by atoms with E-state index in [2.05, 4.69) is 10.6 Å². The van der Waals surface area contributed by atoms with Crippen molar-refractivity contribution in [3.05, 3.63) is 29.8 Å². The summed E-state index contributed by atoms with van der Waals surface area (Å²) in [6, 6.07) is 7.56. The molecule has 1 aromatic carbocycles. The Morgan fingerprint density at radius 2 is 2.16 bits per heavy atom. The van der Waals surface area contributed by atoms with Crippen molar-refractivity contribution >= 4 is 11.6 Å². The number of hydrogen-bond acceptors (Lipinski definition) is 4. The summed E-state index contributed by atoms with van der Waals surface area (Å²) in [6.45, 7) is 2.16. The molecule has 1 unspecified atom stereocenters. The number of ether oxygens (including phenoxy) is 2. The van der Waals surface area contributed by atoms with Gasteiger partial charge in [0.15, 0.2) is 6.29 Å². The molecule has 0 radical (unpaired) electrons. The number of carbonyl (C=O) groups is 1. The number of benzene rings is 1. The third-order valence-corrected chi connectivity index (χ3v) is 3.42. The zero-order chi connectivity index (χ0) is 13.1. The molecule has 1 atom stereocenters. The van der Waals surface area contributed by atoms with Crippen molar-refractivity contribution in [1.29, 1.82) is 0 Å². The van der Waals surface area contributed by atoms with Crippen molar-refractivity contribution in [2.24, 2.45) is 0 Å². The fourth-order valence-corrected chi connectivity index (χ4v) is 2.45. The van der Waals surface area contributed by atoms with E-state index in [4.69, 9.17) is 9.47 Å². The van der Waals surface area contributed by atoms with Crippen molar-refractivity contribution in [3.8, 4) is 0 Å². The molecule has 2 aliphatic rings. The molecule has 0 aliphatic carbocycles. The summed E-state index contributed by atoms with van der Waals surface area (Å²) in [5.74, 6) is 0.0305. The zero-order valence-corrected chi connectivity index (χ0v) is 10.7. The molecule has 5 heteroatoms. The fourth-order valence-electron chi connectivity index (χ4n) is 2.45. The first kappa shape index (κ1) is 12.6. The van der Waals surface area contributed by atoms with Gasteiger partial charge in [-0.15, -0.1) is 0 Å². The predicted molar refractivity (Wildman–Crippen MR) is 70.7 cm³/mol. The SMILES string of the molecule is O=C(Nc1cccc(C2OCCO2)c1)C1CCCN1. The predicted octanol–water partition coefficient (Wildman–Crippen LogP) is 1.42. The first-order chi connectivity index (χ1) is 9.33. The van der Waals surface area contributed by atoms with Crippen molar-refractivity contribution in [3.63, 3.8) is 0 Å². The summed E-state index contributed by atoms with van der Waals surface area (Å²) in [5, 5.41) is 6.12. The Morgan fingerprint density at radius 1 is 1.32 bits per heavy atom. The largest absolute Gasteiger partial charge is 0.346 e. The molecular weight excluding hydrogens is 244 g/mol. The highest BCUT2D eigenvalue weighted by Gasteiger charge is 2.23. The van der Waals surface area contributed by atoms with E-state index < -0.39 is 0 Å². The summed E-state index contributed by atoms with van der Waals surface area (Å²) in [6.07, 6.45) is 1.66. The van der Waals surface area contributed by atoms with E-state index in [9.17, 15) is 4.79 Å². The van der Waals surface area contributed by atoms with Crippen molar-refractivity contribution < 1.29 is 14.3 Å².